The van der Waals surface area contributed by atoms with E-state index in [2.05, 4.69) is 16.9 Å². The predicted octanol–water partition coefficient (Wildman–Crippen LogP) is 2.11. The number of hydrogen-bond acceptors (Lipinski definition) is 3. The summed E-state index contributed by atoms with van der Waals surface area (Å²) >= 11 is 0. The Morgan fingerprint density at radius 1 is 1.35 bits per heavy atom. The van der Waals surface area contributed by atoms with E-state index >= 15 is 0 Å². The van der Waals surface area contributed by atoms with Crippen LogP contribution in [-0.4, -0.2) is 36.1 Å². The van der Waals surface area contributed by atoms with Crippen LogP contribution in [0.25, 0.3) is 0 Å². The highest BCUT2D eigenvalue weighted by molar-refractivity contribution is 5.26. The third kappa shape index (κ3) is 2.04. The van der Waals surface area contributed by atoms with Crippen molar-refractivity contribution in [3.63, 3.8) is 0 Å². The van der Waals surface area contributed by atoms with Crippen LogP contribution < -0.4 is 4.74 Å². The van der Waals surface area contributed by atoms with Crippen molar-refractivity contribution in [2.24, 2.45) is 11.8 Å². The van der Waals surface area contributed by atoms with Crippen molar-refractivity contribution in [1.29, 1.82) is 0 Å². The first kappa shape index (κ1) is 11.0. The Morgan fingerprint density at radius 2 is 2.24 bits per heavy atom. The van der Waals surface area contributed by atoms with Crippen molar-refractivity contribution < 1.29 is 4.74 Å². The second-order valence-electron chi connectivity index (χ2n) is 5.47. The molecule has 0 radical (unpaired) electrons. The Balaban J connectivity index is 1.72. The van der Waals surface area contributed by atoms with Gasteiger partial charge in [0.15, 0.2) is 0 Å². The standard InChI is InChI=1S/C14H20N2O/c1-10-13(4-3-7-15-10)17-14-6-5-11-8-16(2)9-12(11)14/h3-4,7,11-12,14H,5-6,8-9H2,1-2H3/t11-,12+,14-/m1/s1. The van der Waals surface area contributed by atoms with Crippen LogP contribution in [-0.2, 0) is 0 Å². The third-order valence-corrected chi connectivity index (χ3v) is 4.21. The van der Waals surface area contributed by atoms with E-state index in [9.17, 15) is 0 Å². The molecular weight excluding hydrogens is 212 g/mol. The van der Waals surface area contributed by atoms with E-state index in [0.717, 1.165) is 23.3 Å². The van der Waals surface area contributed by atoms with Crippen LogP contribution in [0.2, 0.25) is 0 Å². The zero-order valence-corrected chi connectivity index (χ0v) is 10.6. The lowest BCUT2D eigenvalue weighted by Gasteiger charge is -2.21. The monoisotopic (exact) mass is 232 g/mol. The van der Waals surface area contributed by atoms with Crippen molar-refractivity contribution in [2.75, 3.05) is 20.1 Å². The summed E-state index contributed by atoms with van der Waals surface area (Å²) in [6.45, 7) is 4.45. The number of rotatable bonds is 2. The molecule has 2 heterocycles. The van der Waals surface area contributed by atoms with Crippen LogP contribution in [0.5, 0.6) is 5.75 Å². The molecular formula is C14H20N2O. The van der Waals surface area contributed by atoms with Crippen LogP contribution >= 0.6 is 0 Å². The predicted molar refractivity (Wildman–Crippen MR) is 67.1 cm³/mol. The smallest absolute Gasteiger partial charge is 0.140 e. The normalized spacial score (nSPS) is 32.7. The highest BCUT2D eigenvalue weighted by Crippen LogP contribution is 2.39. The lowest BCUT2D eigenvalue weighted by molar-refractivity contribution is 0.150. The van der Waals surface area contributed by atoms with E-state index in [-0.39, 0.29) is 0 Å². The molecule has 0 N–H and O–H groups in total. The molecule has 3 atom stereocenters. The van der Waals surface area contributed by atoms with Crippen molar-refractivity contribution in [2.45, 2.75) is 25.9 Å². The van der Waals surface area contributed by atoms with Crippen LogP contribution in [0.15, 0.2) is 18.3 Å². The molecule has 3 rings (SSSR count). The van der Waals surface area contributed by atoms with Crippen molar-refractivity contribution >= 4 is 0 Å². The Morgan fingerprint density at radius 3 is 3.06 bits per heavy atom. The quantitative estimate of drug-likeness (QED) is 0.781. The van der Waals surface area contributed by atoms with Gasteiger partial charge in [-0.3, -0.25) is 4.98 Å². The molecule has 0 unspecified atom stereocenters. The van der Waals surface area contributed by atoms with Gasteiger partial charge in [0.25, 0.3) is 0 Å². The summed E-state index contributed by atoms with van der Waals surface area (Å²) in [5.41, 5.74) is 1.00. The summed E-state index contributed by atoms with van der Waals surface area (Å²) in [6.07, 6.45) is 4.74. The summed E-state index contributed by atoms with van der Waals surface area (Å²) in [7, 11) is 2.21. The van der Waals surface area contributed by atoms with Crippen LogP contribution in [0, 0.1) is 18.8 Å². The van der Waals surface area contributed by atoms with Gasteiger partial charge in [0.2, 0.25) is 0 Å². The third-order valence-electron chi connectivity index (χ3n) is 4.21. The first-order chi connectivity index (χ1) is 8.24. The van der Waals surface area contributed by atoms with Gasteiger partial charge in [-0.1, -0.05) is 0 Å². The fourth-order valence-electron chi connectivity index (χ4n) is 3.34. The molecule has 17 heavy (non-hydrogen) atoms. The average molecular weight is 232 g/mol. The van der Waals surface area contributed by atoms with Gasteiger partial charge in [0.1, 0.15) is 11.9 Å². The molecule has 3 nitrogen and oxygen atoms in total. The Labute approximate surface area is 103 Å². The fraction of sp³-hybridized carbons (Fsp3) is 0.643. The molecule has 1 aliphatic carbocycles. The number of likely N-dealkylation sites (tertiary alicyclic amines) is 1. The van der Waals surface area contributed by atoms with Gasteiger partial charge in [-0.15, -0.1) is 0 Å². The number of hydrogen-bond donors (Lipinski definition) is 0. The Hall–Kier alpha value is -1.09. The first-order valence-electron chi connectivity index (χ1n) is 6.51. The molecule has 0 aromatic carbocycles. The van der Waals surface area contributed by atoms with Gasteiger partial charge in [-0.05, 0) is 44.9 Å². The number of aryl methyl sites for hydroxylation is 1. The molecule has 1 saturated heterocycles. The van der Waals surface area contributed by atoms with Crippen LogP contribution in [0.4, 0.5) is 0 Å². The molecule has 1 aromatic heterocycles. The maximum absolute atomic E-state index is 6.18. The summed E-state index contributed by atoms with van der Waals surface area (Å²) < 4.78 is 6.18. The lowest BCUT2D eigenvalue weighted by atomic mass is 9.99. The summed E-state index contributed by atoms with van der Waals surface area (Å²) in [5.74, 6) is 2.54. The zero-order valence-electron chi connectivity index (χ0n) is 10.6. The second-order valence-corrected chi connectivity index (χ2v) is 5.47. The van der Waals surface area contributed by atoms with Gasteiger partial charge in [0.05, 0.1) is 5.69 Å². The van der Waals surface area contributed by atoms with Gasteiger partial charge in [0, 0.05) is 25.2 Å². The molecule has 2 fully saturated rings. The molecule has 3 heteroatoms. The van der Waals surface area contributed by atoms with Gasteiger partial charge in [-0.25, -0.2) is 0 Å². The highest BCUT2D eigenvalue weighted by atomic mass is 16.5. The largest absolute Gasteiger partial charge is 0.488 e. The topological polar surface area (TPSA) is 25.4 Å². The van der Waals surface area contributed by atoms with E-state index in [1.807, 2.05) is 25.3 Å². The lowest BCUT2D eigenvalue weighted by Crippen LogP contribution is -2.27. The van der Waals surface area contributed by atoms with E-state index < -0.39 is 0 Å². The van der Waals surface area contributed by atoms with E-state index in [1.165, 1.54) is 25.9 Å². The van der Waals surface area contributed by atoms with E-state index in [4.69, 9.17) is 4.74 Å². The minimum atomic E-state index is 0.396. The SMILES string of the molecule is Cc1ncccc1O[C@@H]1CC[C@@H]2CN(C)C[C@@H]21. The highest BCUT2D eigenvalue weighted by Gasteiger charge is 2.42. The van der Waals surface area contributed by atoms with Crippen molar-refractivity contribution in [3.8, 4) is 5.75 Å². The van der Waals surface area contributed by atoms with E-state index in [0.29, 0.717) is 6.10 Å². The van der Waals surface area contributed by atoms with Crippen LogP contribution in [0.1, 0.15) is 18.5 Å². The van der Waals surface area contributed by atoms with Gasteiger partial charge < -0.3 is 9.64 Å². The molecule has 92 valence electrons. The van der Waals surface area contributed by atoms with Crippen molar-refractivity contribution in [1.82, 2.24) is 9.88 Å². The Kier molecular flexibility index (Phi) is 2.79. The minimum absolute atomic E-state index is 0.396. The zero-order chi connectivity index (χ0) is 11.8. The number of pyridine rings is 1. The molecule has 2 aliphatic rings. The molecule has 1 aliphatic heterocycles. The fourth-order valence-corrected chi connectivity index (χ4v) is 3.34. The number of fused-ring (bicyclic) bond motifs is 1. The molecule has 1 saturated carbocycles. The van der Waals surface area contributed by atoms with E-state index in [1.54, 1.807) is 0 Å². The molecule has 0 bridgehead atoms. The van der Waals surface area contributed by atoms with Gasteiger partial charge in [-0.2, -0.15) is 0 Å². The average Bonchev–Trinajstić information content (AvgIpc) is 2.82. The first-order valence-corrected chi connectivity index (χ1v) is 6.51. The Bertz CT molecular complexity index is 407. The molecule has 0 amide bonds. The molecule has 1 aromatic rings. The summed E-state index contributed by atoms with van der Waals surface area (Å²) in [5, 5.41) is 0. The maximum Gasteiger partial charge on any atom is 0.140 e. The van der Waals surface area contributed by atoms with Crippen molar-refractivity contribution in [3.05, 3.63) is 24.0 Å². The summed E-state index contributed by atoms with van der Waals surface area (Å²) in [4.78, 5) is 6.72. The number of ether oxygens (including phenoxy) is 1. The maximum atomic E-state index is 6.18. The minimum Gasteiger partial charge on any atom is -0.488 e. The number of nitrogens with zero attached hydrogens (tertiary/aromatic N) is 2. The molecule has 0 spiro atoms. The van der Waals surface area contributed by atoms with Crippen LogP contribution in [0.3, 0.4) is 0 Å². The number of aromatic nitrogens is 1. The summed E-state index contributed by atoms with van der Waals surface area (Å²) in [6, 6.07) is 3.99. The van der Waals surface area contributed by atoms with Gasteiger partial charge >= 0.3 is 0 Å². The second kappa shape index (κ2) is 4.30.